The molecule has 0 aromatic carbocycles. The van der Waals surface area contributed by atoms with E-state index in [1.54, 1.807) is 0 Å². The van der Waals surface area contributed by atoms with Crippen LogP contribution < -0.4 is 0 Å². The third-order valence-electron chi connectivity index (χ3n) is 2.05. The highest BCUT2D eigenvalue weighted by Gasteiger charge is 2.20. The highest BCUT2D eigenvalue weighted by atomic mass is 31.0. The highest BCUT2D eigenvalue weighted by molar-refractivity contribution is 7.10. The largest absolute Gasteiger partial charge is 0.451 e. The van der Waals surface area contributed by atoms with Crippen LogP contribution in [0.3, 0.4) is 0 Å². The lowest BCUT2D eigenvalue weighted by atomic mass is 9.90. The van der Waals surface area contributed by atoms with Crippen molar-refractivity contribution >= 4 is 15.4 Å². The van der Waals surface area contributed by atoms with Crippen molar-refractivity contribution in [1.29, 1.82) is 0 Å². The molecule has 1 aliphatic rings. The summed E-state index contributed by atoms with van der Waals surface area (Å²) in [7, 11) is 2.02. The summed E-state index contributed by atoms with van der Waals surface area (Å²) in [5, 5.41) is 0. The average molecular weight is 160 g/mol. The number of carbonyl (C=O) groups is 1. The molecule has 0 bridgehead atoms. The van der Waals surface area contributed by atoms with E-state index < -0.39 is 0 Å². The molecule has 0 spiro atoms. The molecule has 0 radical (unpaired) electrons. The SMILES string of the molecule is O=C(OP)C1CCCCC1. The Kier molecular flexibility index (Phi) is 3.14. The third kappa shape index (κ3) is 1.95. The fourth-order valence-electron chi connectivity index (χ4n) is 1.43. The number of carbonyl (C=O) groups excluding carboxylic acids is 1. The molecule has 1 rings (SSSR count). The van der Waals surface area contributed by atoms with Gasteiger partial charge in [0.15, 0.2) is 0 Å². The molecule has 0 saturated heterocycles. The first-order valence-corrected chi connectivity index (χ1v) is 4.22. The Labute approximate surface area is 63.6 Å². The molecule has 1 saturated carbocycles. The predicted octanol–water partition coefficient (Wildman–Crippen LogP) is 1.90. The Balaban J connectivity index is 2.31. The lowest BCUT2D eigenvalue weighted by Crippen LogP contribution is -2.17. The topological polar surface area (TPSA) is 26.3 Å². The minimum absolute atomic E-state index is 0.0512. The van der Waals surface area contributed by atoms with Crippen molar-refractivity contribution in [2.75, 3.05) is 0 Å². The van der Waals surface area contributed by atoms with Gasteiger partial charge in [0.1, 0.15) is 0 Å². The van der Waals surface area contributed by atoms with Gasteiger partial charge >= 0.3 is 5.97 Å². The molecule has 1 fully saturated rings. The second-order valence-corrected chi connectivity index (χ2v) is 3.01. The monoisotopic (exact) mass is 160 g/mol. The van der Waals surface area contributed by atoms with E-state index in [1.165, 1.54) is 19.3 Å². The molecule has 0 aromatic heterocycles. The minimum atomic E-state index is -0.0512. The minimum Gasteiger partial charge on any atom is -0.451 e. The normalized spacial score (nSPS) is 20.5. The fourth-order valence-corrected chi connectivity index (χ4v) is 1.63. The maximum absolute atomic E-state index is 10.9. The summed E-state index contributed by atoms with van der Waals surface area (Å²) >= 11 is 0. The Bertz CT molecular complexity index is 119. The maximum atomic E-state index is 10.9. The molecular formula is C7H13O2P. The molecule has 1 atom stereocenters. The summed E-state index contributed by atoms with van der Waals surface area (Å²) in [5.74, 6) is 0.135. The molecule has 2 nitrogen and oxygen atoms in total. The molecule has 0 amide bonds. The van der Waals surface area contributed by atoms with Gasteiger partial charge in [-0.3, -0.25) is 4.79 Å². The number of hydrogen-bond acceptors (Lipinski definition) is 2. The van der Waals surface area contributed by atoms with Gasteiger partial charge in [0, 0.05) is 0 Å². The molecule has 0 aromatic rings. The van der Waals surface area contributed by atoms with Gasteiger partial charge in [-0.2, -0.15) is 0 Å². The maximum Gasteiger partial charge on any atom is 0.311 e. The second kappa shape index (κ2) is 3.92. The van der Waals surface area contributed by atoms with Crippen LogP contribution in [0.25, 0.3) is 0 Å². The molecule has 0 aliphatic heterocycles. The first-order chi connectivity index (χ1) is 4.84. The first kappa shape index (κ1) is 8.00. The fraction of sp³-hybridized carbons (Fsp3) is 0.857. The molecule has 3 heteroatoms. The van der Waals surface area contributed by atoms with E-state index in [2.05, 4.69) is 4.52 Å². The predicted molar refractivity (Wildman–Crippen MR) is 42.4 cm³/mol. The molecular weight excluding hydrogens is 147 g/mol. The van der Waals surface area contributed by atoms with E-state index in [4.69, 9.17) is 0 Å². The van der Waals surface area contributed by atoms with Gasteiger partial charge in [-0.05, 0) is 12.8 Å². The number of rotatable bonds is 1. The summed E-state index contributed by atoms with van der Waals surface area (Å²) < 4.78 is 4.57. The average Bonchev–Trinajstić information content (AvgIpc) is 2.05. The van der Waals surface area contributed by atoms with Crippen molar-refractivity contribution in [2.45, 2.75) is 32.1 Å². The zero-order chi connectivity index (χ0) is 7.40. The van der Waals surface area contributed by atoms with Gasteiger partial charge in [0.2, 0.25) is 0 Å². The second-order valence-electron chi connectivity index (χ2n) is 2.77. The lowest BCUT2D eigenvalue weighted by Gasteiger charge is -2.18. The Morgan fingerprint density at radius 3 is 2.40 bits per heavy atom. The summed E-state index contributed by atoms with van der Waals surface area (Å²) in [6, 6.07) is 0. The lowest BCUT2D eigenvalue weighted by molar-refractivity contribution is -0.138. The van der Waals surface area contributed by atoms with Crippen LogP contribution in [0.1, 0.15) is 32.1 Å². The van der Waals surface area contributed by atoms with Gasteiger partial charge < -0.3 is 4.52 Å². The quantitative estimate of drug-likeness (QED) is 0.547. The van der Waals surface area contributed by atoms with Crippen LogP contribution >= 0.6 is 9.47 Å². The molecule has 1 unspecified atom stereocenters. The molecule has 10 heavy (non-hydrogen) atoms. The first-order valence-electron chi connectivity index (χ1n) is 3.75. The smallest absolute Gasteiger partial charge is 0.311 e. The molecule has 58 valence electrons. The van der Waals surface area contributed by atoms with Gasteiger partial charge in [-0.15, -0.1) is 0 Å². The van der Waals surface area contributed by atoms with E-state index in [-0.39, 0.29) is 11.9 Å². The van der Waals surface area contributed by atoms with Crippen molar-refractivity contribution in [1.82, 2.24) is 0 Å². The zero-order valence-corrected chi connectivity index (χ0v) is 7.16. The third-order valence-corrected chi connectivity index (χ3v) is 2.29. The Morgan fingerprint density at radius 2 is 1.90 bits per heavy atom. The summed E-state index contributed by atoms with van der Waals surface area (Å²) in [6.07, 6.45) is 5.69. The van der Waals surface area contributed by atoms with E-state index in [1.807, 2.05) is 9.47 Å². The van der Waals surface area contributed by atoms with Crippen LogP contribution in [0.5, 0.6) is 0 Å². The van der Waals surface area contributed by atoms with Crippen LogP contribution in [0.4, 0.5) is 0 Å². The molecule has 0 N–H and O–H groups in total. The van der Waals surface area contributed by atoms with E-state index in [0.29, 0.717) is 0 Å². The van der Waals surface area contributed by atoms with Crippen LogP contribution in [-0.2, 0) is 9.32 Å². The summed E-state index contributed by atoms with van der Waals surface area (Å²) in [5.41, 5.74) is 0. The summed E-state index contributed by atoms with van der Waals surface area (Å²) in [4.78, 5) is 10.9. The zero-order valence-electron chi connectivity index (χ0n) is 6.01. The highest BCUT2D eigenvalue weighted by Crippen LogP contribution is 2.24. The van der Waals surface area contributed by atoms with Crippen LogP contribution in [-0.4, -0.2) is 5.97 Å². The van der Waals surface area contributed by atoms with Crippen LogP contribution in [0.15, 0.2) is 0 Å². The van der Waals surface area contributed by atoms with Gasteiger partial charge in [-0.25, -0.2) is 0 Å². The summed E-state index contributed by atoms with van der Waals surface area (Å²) in [6.45, 7) is 0. The van der Waals surface area contributed by atoms with E-state index in [9.17, 15) is 4.79 Å². The van der Waals surface area contributed by atoms with Gasteiger partial charge in [0.05, 0.1) is 15.4 Å². The van der Waals surface area contributed by atoms with Crippen molar-refractivity contribution < 1.29 is 9.32 Å². The van der Waals surface area contributed by atoms with Gasteiger partial charge in [0.25, 0.3) is 0 Å². The van der Waals surface area contributed by atoms with Crippen molar-refractivity contribution in [3.05, 3.63) is 0 Å². The molecule has 0 heterocycles. The van der Waals surface area contributed by atoms with Crippen molar-refractivity contribution in [3.8, 4) is 0 Å². The number of hydrogen-bond donors (Lipinski definition) is 0. The van der Waals surface area contributed by atoms with E-state index in [0.717, 1.165) is 12.8 Å². The van der Waals surface area contributed by atoms with Crippen molar-refractivity contribution in [3.63, 3.8) is 0 Å². The van der Waals surface area contributed by atoms with Gasteiger partial charge in [-0.1, -0.05) is 19.3 Å². The molecule has 1 aliphatic carbocycles. The van der Waals surface area contributed by atoms with Crippen LogP contribution in [0, 0.1) is 5.92 Å². The van der Waals surface area contributed by atoms with Crippen LogP contribution in [0.2, 0.25) is 0 Å². The standard InChI is InChI=1S/C7H13O2P/c8-7(9-10)6-4-2-1-3-5-6/h6H,1-5,10H2. The van der Waals surface area contributed by atoms with E-state index >= 15 is 0 Å². The Morgan fingerprint density at radius 1 is 1.30 bits per heavy atom. The van der Waals surface area contributed by atoms with Crippen molar-refractivity contribution in [2.24, 2.45) is 5.92 Å². The Hall–Kier alpha value is -0.100.